The van der Waals surface area contributed by atoms with Gasteiger partial charge in [0.2, 0.25) is 0 Å². The molecule has 0 unspecified atom stereocenters. The van der Waals surface area contributed by atoms with Gasteiger partial charge < -0.3 is 0 Å². The quantitative estimate of drug-likeness (QED) is 0.425. The number of terminal acetylenes is 1. The lowest BCUT2D eigenvalue weighted by Gasteiger charge is -2.05. The molecule has 8 heteroatoms. The highest BCUT2D eigenvalue weighted by Crippen LogP contribution is 2.13. The summed E-state index contributed by atoms with van der Waals surface area (Å²) in [6, 6.07) is 4.32. The van der Waals surface area contributed by atoms with Gasteiger partial charge in [-0.25, -0.2) is 12.8 Å². The highest BCUT2D eigenvalue weighted by molar-refractivity contribution is 7.91. The maximum Gasteiger partial charge on any atom is 0.268 e. The second-order valence-electron chi connectivity index (χ2n) is 3.85. The van der Waals surface area contributed by atoms with E-state index >= 15 is 0 Å². The molecule has 20 heavy (non-hydrogen) atoms. The van der Waals surface area contributed by atoms with E-state index in [9.17, 15) is 21.2 Å². The van der Waals surface area contributed by atoms with Gasteiger partial charge in [0.05, 0.1) is 16.4 Å². The molecule has 0 heterocycles. The standard InChI is InChI=1S/C12H13FO5S2/c1-2-8-18-20(16,17)10-3-9-19(14,15)12-6-4-11(13)5-7-12/h1,4-7H,3,8-10H2. The van der Waals surface area contributed by atoms with Gasteiger partial charge in [-0.05, 0) is 30.7 Å². The number of hydrogen-bond donors (Lipinski definition) is 0. The fourth-order valence-electron chi connectivity index (χ4n) is 1.37. The van der Waals surface area contributed by atoms with Crippen LogP contribution in [0.2, 0.25) is 0 Å². The molecule has 110 valence electrons. The Bertz CT molecular complexity index is 684. The maximum atomic E-state index is 12.7. The van der Waals surface area contributed by atoms with Crippen molar-refractivity contribution < 1.29 is 25.4 Å². The molecule has 0 radical (unpaired) electrons. The van der Waals surface area contributed by atoms with Crippen LogP contribution in [0.4, 0.5) is 4.39 Å². The van der Waals surface area contributed by atoms with Crippen molar-refractivity contribution in [3.05, 3.63) is 30.1 Å². The molecule has 0 aliphatic heterocycles. The summed E-state index contributed by atoms with van der Waals surface area (Å²) in [7, 11) is -7.47. The number of hydrogen-bond acceptors (Lipinski definition) is 5. The van der Waals surface area contributed by atoms with Crippen molar-refractivity contribution in [1.29, 1.82) is 0 Å². The van der Waals surface area contributed by atoms with E-state index in [1.165, 1.54) is 0 Å². The van der Waals surface area contributed by atoms with Crippen LogP contribution in [-0.4, -0.2) is 34.9 Å². The van der Waals surface area contributed by atoms with E-state index in [0.717, 1.165) is 24.3 Å². The van der Waals surface area contributed by atoms with Crippen LogP contribution in [0.15, 0.2) is 29.2 Å². The zero-order valence-electron chi connectivity index (χ0n) is 10.5. The molecule has 0 aromatic heterocycles. The van der Waals surface area contributed by atoms with Crippen molar-refractivity contribution in [1.82, 2.24) is 0 Å². The van der Waals surface area contributed by atoms with E-state index in [-0.39, 0.29) is 23.7 Å². The van der Waals surface area contributed by atoms with Gasteiger partial charge in [0.15, 0.2) is 9.84 Å². The lowest BCUT2D eigenvalue weighted by Crippen LogP contribution is -2.15. The van der Waals surface area contributed by atoms with E-state index in [0.29, 0.717) is 0 Å². The van der Waals surface area contributed by atoms with Gasteiger partial charge in [0.1, 0.15) is 12.4 Å². The molecule has 0 saturated heterocycles. The minimum Gasteiger partial charge on any atom is -0.257 e. The molecule has 0 N–H and O–H groups in total. The molecule has 0 atom stereocenters. The van der Waals surface area contributed by atoms with Crippen molar-refractivity contribution in [3.8, 4) is 12.3 Å². The Labute approximate surface area is 117 Å². The Morgan fingerprint density at radius 3 is 2.25 bits per heavy atom. The normalized spacial score (nSPS) is 12.0. The Balaban J connectivity index is 2.61. The van der Waals surface area contributed by atoms with Gasteiger partial charge >= 0.3 is 0 Å². The molecule has 0 spiro atoms. The molecule has 1 aromatic carbocycles. The Morgan fingerprint density at radius 2 is 1.70 bits per heavy atom. The summed E-state index contributed by atoms with van der Waals surface area (Å²) in [5, 5.41) is 0. The first kappa shape index (κ1) is 16.6. The van der Waals surface area contributed by atoms with E-state index in [4.69, 9.17) is 6.42 Å². The smallest absolute Gasteiger partial charge is 0.257 e. The average Bonchev–Trinajstić information content (AvgIpc) is 2.36. The van der Waals surface area contributed by atoms with Crippen molar-refractivity contribution in [3.63, 3.8) is 0 Å². The third-order valence-corrected chi connectivity index (χ3v) is 5.38. The molecule has 0 amide bonds. The molecule has 0 fully saturated rings. The largest absolute Gasteiger partial charge is 0.268 e. The number of benzene rings is 1. The van der Waals surface area contributed by atoms with Gasteiger partial charge in [0.25, 0.3) is 10.1 Å². The number of rotatable bonds is 7. The minimum atomic E-state index is -3.82. The zero-order valence-corrected chi connectivity index (χ0v) is 12.1. The Hall–Kier alpha value is -1.43. The molecular formula is C12H13FO5S2. The second-order valence-corrected chi connectivity index (χ2v) is 7.72. The van der Waals surface area contributed by atoms with E-state index in [1.54, 1.807) is 0 Å². The second kappa shape index (κ2) is 6.83. The summed E-state index contributed by atoms with van der Waals surface area (Å²) in [6.07, 6.45) is 4.72. The molecule has 0 aliphatic rings. The van der Waals surface area contributed by atoms with E-state index in [2.05, 4.69) is 4.18 Å². The van der Waals surface area contributed by atoms with E-state index < -0.39 is 31.5 Å². The van der Waals surface area contributed by atoms with Gasteiger partial charge in [-0.3, -0.25) is 4.18 Å². The fourth-order valence-corrected chi connectivity index (χ4v) is 3.73. The van der Waals surface area contributed by atoms with E-state index in [1.807, 2.05) is 5.92 Å². The Kier molecular flexibility index (Phi) is 5.68. The van der Waals surface area contributed by atoms with Crippen LogP contribution in [0.5, 0.6) is 0 Å². The maximum absolute atomic E-state index is 12.7. The van der Waals surface area contributed by atoms with Crippen LogP contribution in [0.3, 0.4) is 0 Å². The first-order valence-electron chi connectivity index (χ1n) is 5.56. The van der Waals surface area contributed by atoms with Crippen LogP contribution in [0, 0.1) is 18.2 Å². The zero-order chi connectivity index (χ0) is 15.2. The molecule has 0 saturated carbocycles. The van der Waals surface area contributed by atoms with Crippen LogP contribution >= 0.6 is 0 Å². The number of halogens is 1. The topological polar surface area (TPSA) is 77.5 Å². The Morgan fingerprint density at radius 1 is 1.10 bits per heavy atom. The summed E-state index contributed by atoms with van der Waals surface area (Å²) < 4.78 is 63.4. The van der Waals surface area contributed by atoms with Crippen LogP contribution < -0.4 is 0 Å². The van der Waals surface area contributed by atoms with Crippen LogP contribution in [0.1, 0.15) is 6.42 Å². The molecular weight excluding hydrogens is 307 g/mol. The van der Waals surface area contributed by atoms with Crippen molar-refractivity contribution in [2.75, 3.05) is 18.1 Å². The molecule has 1 rings (SSSR count). The van der Waals surface area contributed by atoms with Crippen molar-refractivity contribution >= 4 is 20.0 Å². The summed E-state index contributed by atoms with van der Waals surface area (Å²) >= 11 is 0. The summed E-state index contributed by atoms with van der Waals surface area (Å²) in [4.78, 5) is -0.0548. The van der Waals surface area contributed by atoms with Gasteiger partial charge in [0, 0.05) is 0 Å². The first-order chi connectivity index (χ1) is 9.27. The molecule has 5 nitrogen and oxygen atoms in total. The predicted octanol–water partition coefficient (Wildman–Crippen LogP) is 0.969. The monoisotopic (exact) mass is 320 g/mol. The molecule has 1 aromatic rings. The summed E-state index contributed by atoms with van der Waals surface area (Å²) in [5.41, 5.74) is 0. The highest BCUT2D eigenvalue weighted by Gasteiger charge is 2.17. The van der Waals surface area contributed by atoms with Crippen molar-refractivity contribution in [2.45, 2.75) is 11.3 Å². The molecule has 0 bridgehead atoms. The lowest BCUT2D eigenvalue weighted by atomic mass is 10.4. The minimum absolute atomic E-state index is 0.0548. The summed E-state index contributed by atoms with van der Waals surface area (Å²) in [6.45, 7) is -0.382. The lowest BCUT2D eigenvalue weighted by molar-refractivity contribution is 0.363. The van der Waals surface area contributed by atoms with Gasteiger partial charge in [-0.1, -0.05) is 5.92 Å². The third kappa shape index (κ3) is 5.28. The fraction of sp³-hybridized carbons (Fsp3) is 0.333. The van der Waals surface area contributed by atoms with Crippen LogP contribution in [0.25, 0.3) is 0 Å². The van der Waals surface area contributed by atoms with Crippen LogP contribution in [-0.2, 0) is 24.1 Å². The van der Waals surface area contributed by atoms with Gasteiger partial charge in [-0.15, -0.1) is 6.42 Å². The van der Waals surface area contributed by atoms with Gasteiger partial charge in [-0.2, -0.15) is 8.42 Å². The predicted molar refractivity (Wildman–Crippen MR) is 71.6 cm³/mol. The average molecular weight is 320 g/mol. The number of sulfone groups is 1. The SMILES string of the molecule is C#CCOS(=O)(=O)CCCS(=O)(=O)c1ccc(F)cc1. The molecule has 0 aliphatic carbocycles. The highest BCUT2D eigenvalue weighted by atomic mass is 32.2. The third-order valence-electron chi connectivity index (χ3n) is 2.30. The van der Waals surface area contributed by atoms with Crippen molar-refractivity contribution in [2.24, 2.45) is 0 Å². The summed E-state index contributed by atoms with van der Waals surface area (Å²) in [5.74, 6) is 0.632. The first-order valence-corrected chi connectivity index (χ1v) is 8.79.